The van der Waals surface area contributed by atoms with Crippen LogP contribution in [-0.4, -0.2) is 25.3 Å². The van der Waals surface area contributed by atoms with E-state index in [2.05, 4.69) is 39.9 Å². The van der Waals surface area contributed by atoms with Crippen LogP contribution < -0.4 is 5.32 Å². The zero-order valence-electron chi connectivity index (χ0n) is 12.8. The zero-order valence-corrected chi connectivity index (χ0v) is 12.8. The Bertz CT molecular complexity index is 180. The minimum absolute atomic E-state index is 0.0120. The van der Waals surface area contributed by atoms with Gasteiger partial charge in [-0.2, -0.15) is 0 Å². The van der Waals surface area contributed by atoms with Crippen molar-refractivity contribution >= 4 is 0 Å². The molecule has 0 aromatic rings. The number of ether oxygens (including phenoxy) is 1. The summed E-state index contributed by atoms with van der Waals surface area (Å²) in [5, 5.41) is 3.70. The van der Waals surface area contributed by atoms with E-state index in [1.165, 1.54) is 25.7 Å². The Kier molecular flexibility index (Phi) is 8.89. The molecule has 0 aliphatic heterocycles. The molecule has 0 amide bonds. The summed E-state index contributed by atoms with van der Waals surface area (Å²) >= 11 is 0. The monoisotopic (exact) mass is 243 g/mol. The lowest BCUT2D eigenvalue weighted by Crippen LogP contribution is -2.37. The first-order valence-corrected chi connectivity index (χ1v) is 7.25. The van der Waals surface area contributed by atoms with Gasteiger partial charge in [-0.25, -0.2) is 0 Å². The van der Waals surface area contributed by atoms with Crippen molar-refractivity contribution in [3.63, 3.8) is 0 Å². The van der Waals surface area contributed by atoms with Gasteiger partial charge in [0.05, 0.1) is 5.60 Å². The van der Waals surface area contributed by atoms with Crippen molar-refractivity contribution in [1.29, 1.82) is 0 Å². The molecule has 2 atom stereocenters. The molecule has 0 aromatic heterocycles. The summed E-state index contributed by atoms with van der Waals surface area (Å²) in [4.78, 5) is 0. The summed E-state index contributed by atoms with van der Waals surface area (Å²) in [6, 6.07) is 0.643. The standard InChI is InChI=1S/C15H33NO/c1-7-9-13(3)14(16-12-8-2)10-11-15(4,5)17-6/h13-14,16H,7-12H2,1-6H3. The van der Waals surface area contributed by atoms with Gasteiger partial charge < -0.3 is 10.1 Å². The Labute approximate surface area is 109 Å². The molecule has 0 radical (unpaired) electrons. The number of hydrogen-bond acceptors (Lipinski definition) is 2. The van der Waals surface area contributed by atoms with E-state index in [0.29, 0.717) is 6.04 Å². The predicted octanol–water partition coefficient (Wildman–Crippen LogP) is 4.00. The summed E-state index contributed by atoms with van der Waals surface area (Å²) in [5.74, 6) is 0.763. The molecule has 0 fully saturated rings. The molecule has 0 heterocycles. The van der Waals surface area contributed by atoms with Gasteiger partial charge in [-0.05, 0) is 52.0 Å². The Morgan fingerprint density at radius 2 is 1.76 bits per heavy atom. The van der Waals surface area contributed by atoms with Crippen LogP contribution in [0.4, 0.5) is 0 Å². The van der Waals surface area contributed by atoms with Crippen LogP contribution in [0.2, 0.25) is 0 Å². The Morgan fingerprint density at radius 1 is 1.12 bits per heavy atom. The van der Waals surface area contributed by atoms with Crippen molar-refractivity contribution in [2.75, 3.05) is 13.7 Å². The first kappa shape index (κ1) is 16.9. The largest absolute Gasteiger partial charge is 0.379 e. The second kappa shape index (κ2) is 8.93. The summed E-state index contributed by atoms with van der Waals surface area (Å²) in [7, 11) is 1.81. The van der Waals surface area contributed by atoms with Gasteiger partial charge in [-0.15, -0.1) is 0 Å². The van der Waals surface area contributed by atoms with Crippen molar-refractivity contribution in [2.45, 2.75) is 78.4 Å². The first-order valence-electron chi connectivity index (χ1n) is 7.25. The number of methoxy groups -OCH3 is 1. The maximum atomic E-state index is 5.50. The zero-order chi connectivity index (χ0) is 13.3. The Hall–Kier alpha value is -0.0800. The van der Waals surface area contributed by atoms with E-state index in [4.69, 9.17) is 4.74 Å². The molecule has 0 aliphatic rings. The maximum absolute atomic E-state index is 5.50. The third kappa shape index (κ3) is 7.77. The minimum Gasteiger partial charge on any atom is -0.379 e. The minimum atomic E-state index is 0.0120. The lowest BCUT2D eigenvalue weighted by atomic mass is 9.89. The molecule has 0 aromatic carbocycles. The van der Waals surface area contributed by atoms with Crippen LogP contribution in [0.15, 0.2) is 0 Å². The van der Waals surface area contributed by atoms with Crippen molar-refractivity contribution in [1.82, 2.24) is 5.32 Å². The molecule has 0 bridgehead atoms. The van der Waals surface area contributed by atoms with Gasteiger partial charge in [-0.3, -0.25) is 0 Å². The van der Waals surface area contributed by atoms with E-state index >= 15 is 0 Å². The fraction of sp³-hybridized carbons (Fsp3) is 1.00. The average molecular weight is 243 g/mol. The highest BCUT2D eigenvalue weighted by Crippen LogP contribution is 2.21. The Morgan fingerprint density at radius 3 is 2.24 bits per heavy atom. The van der Waals surface area contributed by atoms with Crippen molar-refractivity contribution in [3.05, 3.63) is 0 Å². The summed E-state index contributed by atoms with van der Waals surface area (Å²) in [6.07, 6.45) is 6.14. The summed E-state index contributed by atoms with van der Waals surface area (Å²) in [6.45, 7) is 12.4. The maximum Gasteiger partial charge on any atom is 0.0623 e. The molecule has 0 saturated carbocycles. The van der Waals surface area contributed by atoms with Gasteiger partial charge in [0.15, 0.2) is 0 Å². The Balaban J connectivity index is 4.18. The van der Waals surface area contributed by atoms with Crippen molar-refractivity contribution in [2.24, 2.45) is 5.92 Å². The van der Waals surface area contributed by atoms with E-state index in [1.54, 1.807) is 0 Å². The van der Waals surface area contributed by atoms with Crippen LogP contribution in [0.3, 0.4) is 0 Å². The van der Waals surface area contributed by atoms with E-state index in [9.17, 15) is 0 Å². The fourth-order valence-corrected chi connectivity index (χ4v) is 2.18. The molecular formula is C15H33NO. The summed E-state index contributed by atoms with van der Waals surface area (Å²) in [5.41, 5.74) is 0.0120. The lowest BCUT2D eigenvalue weighted by molar-refractivity contribution is 0.0103. The quantitative estimate of drug-likeness (QED) is 0.626. The van der Waals surface area contributed by atoms with Crippen LogP contribution in [0.1, 0.15) is 66.7 Å². The molecule has 1 N–H and O–H groups in total. The van der Waals surface area contributed by atoms with Crippen molar-refractivity contribution in [3.8, 4) is 0 Å². The smallest absolute Gasteiger partial charge is 0.0623 e. The third-order valence-corrected chi connectivity index (χ3v) is 3.70. The molecule has 2 nitrogen and oxygen atoms in total. The van der Waals surface area contributed by atoms with Crippen LogP contribution in [0, 0.1) is 5.92 Å². The highest BCUT2D eigenvalue weighted by molar-refractivity contribution is 4.78. The summed E-state index contributed by atoms with van der Waals surface area (Å²) < 4.78 is 5.50. The topological polar surface area (TPSA) is 21.3 Å². The molecule has 2 unspecified atom stereocenters. The van der Waals surface area contributed by atoms with E-state index in [1.807, 2.05) is 7.11 Å². The molecule has 2 heteroatoms. The van der Waals surface area contributed by atoms with Gasteiger partial charge in [0, 0.05) is 13.2 Å². The first-order chi connectivity index (χ1) is 7.96. The number of nitrogens with one attached hydrogen (secondary N) is 1. The molecule has 17 heavy (non-hydrogen) atoms. The average Bonchev–Trinajstić information content (AvgIpc) is 2.29. The molecule has 0 aliphatic carbocycles. The van der Waals surface area contributed by atoms with Crippen LogP contribution in [0.5, 0.6) is 0 Å². The van der Waals surface area contributed by atoms with E-state index in [0.717, 1.165) is 18.9 Å². The van der Waals surface area contributed by atoms with Gasteiger partial charge in [0.2, 0.25) is 0 Å². The SMILES string of the molecule is CCCNC(CCC(C)(C)OC)C(C)CCC. The van der Waals surface area contributed by atoms with Crippen LogP contribution in [0.25, 0.3) is 0 Å². The molecule has 0 spiro atoms. The van der Waals surface area contributed by atoms with Gasteiger partial charge >= 0.3 is 0 Å². The highest BCUT2D eigenvalue weighted by atomic mass is 16.5. The predicted molar refractivity (Wildman–Crippen MR) is 76.5 cm³/mol. The molecule has 0 saturated heterocycles. The fourth-order valence-electron chi connectivity index (χ4n) is 2.18. The number of rotatable bonds is 10. The second-order valence-electron chi connectivity index (χ2n) is 5.83. The van der Waals surface area contributed by atoms with Crippen LogP contribution in [-0.2, 0) is 4.74 Å². The van der Waals surface area contributed by atoms with Gasteiger partial charge in [0.1, 0.15) is 0 Å². The van der Waals surface area contributed by atoms with E-state index in [-0.39, 0.29) is 5.60 Å². The second-order valence-corrected chi connectivity index (χ2v) is 5.83. The normalized spacial score (nSPS) is 15.9. The third-order valence-electron chi connectivity index (χ3n) is 3.70. The van der Waals surface area contributed by atoms with Gasteiger partial charge in [-0.1, -0.05) is 27.2 Å². The molecule has 0 rings (SSSR count). The van der Waals surface area contributed by atoms with Gasteiger partial charge in [0.25, 0.3) is 0 Å². The van der Waals surface area contributed by atoms with Crippen molar-refractivity contribution < 1.29 is 4.74 Å². The highest BCUT2D eigenvalue weighted by Gasteiger charge is 2.21. The molecule has 104 valence electrons. The lowest BCUT2D eigenvalue weighted by Gasteiger charge is -2.29. The van der Waals surface area contributed by atoms with E-state index < -0.39 is 0 Å². The number of hydrogen-bond donors (Lipinski definition) is 1. The molecular weight excluding hydrogens is 210 g/mol. The van der Waals surface area contributed by atoms with Crippen LogP contribution >= 0.6 is 0 Å².